The van der Waals surface area contributed by atoms with Crippen LogP contribution in [-0.2, 0) is 4.79 Å². The van der Waals surface area contributed by atoms with Crippen LogP contribution in [-0.4, -0.2) is 45.2 Å². The second-order valence-corrected chi connectivity index (χ2v) is 7.37. The molecule has 0 aliphatic carbocycles. The number of nitrogens with one attached hydrogen (secondary N) is 3. The van der Waals surface area contributed by atoms with Crippen molar-refractivity contribution in [2.75, 3.05) is 39.3 Å². The van der Waals surface area contributed by atoms with E-state index in [2.05, 4.69) is 16.0 Å². The van der Waals surface area contributed by atoms with Gasteiger partial charge in [-0.3, -0.25) is 4.79 Å². The molecule has 3 aliphatic rings. The summed E-state index contributed by atoms with van der Waals surface area (Å²) in [4.78, 5) is 12.9. The molecule has 0 saturated carbocycles. The van der Waals surface area contributed by atoms with Gasteiger partial charge in [-0.25, -0.2) is 0 Å². The molecule has 0 radical (unpaired) electrons. The maximum absolute atomic E-state index is 12.9. The van der Waals surface area contributed by atoms with Gasteiger partial charge in [0.25, 0.3) is 0 Å². The highest BCUT2D eigenvalue weighted by molar-refractivity contribution is 5.85. The van der Waals surface area contributed by atoms with Crippen molar-refractivity contribution in [1.82, 2.24) is 16.0 Å². The van der Waals surface area contributed by atoms with Crippen LogP contribution in [0.25, 0.3) is 0 Å². The smallest absolute Gasteiger partial charge is 0.224 e. The van der Waals surface area contributed by atoms with Crippen molar-refractivity contribution in [3.8, 4) is 0 Å². The molecular formula is C17H33ClN4O. The first kappa shape index (κ1) is 19.0. The molecule has 134 valence electrons. The molecule has 0 aromatic rings. The zero-order chi connectivity index (χ0) is 15.4. The normalized spacial score (nSPS) is 25.7. The van der Waals surface area contributed by atoms with Gasteiger partial charge in [0.1, 0.15) is 0 Å². The lowest BCUT2D eigenvalue weighted by molar-refractivity contribution is -0.145. The van der Waals surface area contributed by atoms with E-state index in [9.17, 15) is 4.79 Å². The lowest BCUT2D eigenvalue weighted by Gasteiger charge is -2.52. The SMILES string of the molecule is Cl.NC(=O)C(C1CCNCC1)(C1CCNCC1)C1CCNCC1. The number of hydrogen-bond donors (Lipinski definition) is 4. The summed E-state index contributed by atoms with van der Waals surface area (Å²) in [5.74, 6) is 1.41. The van der Waals surface area contributed by atoms with E-state index in [4.69, 9.17) is 5.73 Å². The summed E-state index contributed by atoms with van der Waals surface area (Å²) in [5.41, 5.74) is 5.89. The van der Waals surface area contributed by atoms with Gasteiger partial charge in [-0.2, -0.15) is 0 Å². The standard InChI is InChI=1S/C17H32N4O.ClH/c18-16(22)17(13-1-7-19-8-2-13,14-3-9-20-10-4-14)15-5-11-21-12-6-15;/h13-15,19-21H,1-12H2,(H2,18,22);1H. The van der Waals surface area contributed by atoms with Crippen molar-refractivity contribution >= 4 is 18.3 Å². The lowest BCUT2D eigenvalue weighted by Crippen LogP contribution is -2.59. The number of nitrogens with two attached hydrogens (primary N) is 1. The molecule has 3 saturated heterocycles. The second-order valence-electron chi connectivity index (χ2n) is 7.37. The highest BCUT2D eigenvalue weighted by Gasteiger charge is 2.54. The van der Waals surface area contributed by atoms with E-state index < -0.39 is 0 Å². The van der Waals surface area contributed by atoms with Crippen molar-refractivity contribution in [2.24, 2.45) is 28.9 Å². The fraction of sp³-hybridized carbons (Fsp3) is 0.941. The van der Waals surface area contributed by atoms with E-state index in [1.54, 1.807) is 0 Å². The summed E-state index contributed by atoms with van der Waals surface area (Å²) in [5, 5.41) is 10.4. The van der Waals surface area contributed by atoms with Crippen molar-refractivity contribution in [3.05, 3.63) is 0 Å². The number of halogens is 1. The van der Waals surface area contributed by atoms with Crippen LogP contribution >= 0.6 is 12.4 Å². The molecule has 0 spiro atoms. The van der Waals surface area contributed by atoms with E-state index in [-0.39, 0.29) is 23.7 Å². The first-order valence-corrected chi connectivity index (χ1v) is 9.18. The Morgan fingerprint density at radius 2 is 0.957 bits per heavy atom. The monoisotopic (exact) mass is 344 g/mol. The van der Waals surface area contributed by atoms with Crippen LogP contribution in [0.2, 0.25) is 0 Å². The lowest BCUT2D eigenvalue weighted by atomic mass is 9.53. The zero-order valence-corrected chi connectivity index (χ0v) is 14.9. The van der Waals surface area contributed by atoms with Gasteiger partial charge in [-0.1, -0.05) is 0 Å². The predicted molar refractivity (Wildman–Crippen MR) is 95.7 cm³/mol. The van der Waals surface area contributed by atoms with Crippen molar-refractivity contribution in [3.63, 3.8) is 0 Å². The van der Waals surface area contributed by atoms with Crippen LogP contribution in [0.15, 0.2) is 0 Å². The molecule has 23 heavy (non-hydrogen) atoms. The predicted octanol–water partition coefficient (Wildman–Crippen LogP) is 0.879. The summed E-state index contributed by atoms with van der Waals surface area (Å²) < 4.78 is 0. The minimum absolute atomic E-state index is 0. The molecule has 3 heterocycles. The third-order valence-electron chi connectivity index (χ3n) is 6.47. The first-order valence-electron chi connectivity index (χ1n) is 9.18. The Labute approximate surface area is 146 Å². The number of amides is 1. The first-order chi connectivity index (χ1) is 10.8. The Bertz CT molecular complexity index is 329. The van der Waals surface area contributed by atoms with Crippen LogP contribution in [0.5, 0.6) is 0 Å². The van der Waals surface area contributed by atoms with Gasteiger partial charge in [-0.05, 0) is 95.5 Å². The molecule has 0 atom stereocenters. The number of carbonyl (C=O) groups excluding carboxylic acids is 1. The van der Waals surface area contributed by atoms with Crippen LogP contribution in [0, 0.1) is 23.2 Å². The molecule has 0 bridgehead atoms. The number of hydrogen-bond acceptors (Lipinski definition) is 4. The van der Waals surface area contributed by atoms with Gasteiger partial charge in [0.05, 0.1) is 5.41 Å². The van der Waals surface area contributed by atoms with Crippen LogP contribution in [0.4, 0.5) is 0 Å². The molecule has 0 aromatic carbocycles. The van der Waals surface area contributed by atoms with Gasteiger partial charge in [0.15, 0.2) is 0 Å². The summed E-state index contributed by atoms with van der Waals surface area (Å²) in [6, 6.07) is 0. The Hall–Kier alpha value is -0.360. The maximum atomic E-state index is 12.9. The molecule has 0 unspecified atom stereocenters. The third kappa shape index (κ3) is 3.68. The summed E-state index contributed by atoms with van der Waals surface area (Å²) in [6.45, 7) is 6.22. The van der Waals surface area contributed by atoms with E-state index in [0.29, 0.717) is 17.8 Å². The molecule has 0 aromatic heterocycles. The minimum Gasteiger partial charge on any atom is -0.369 e. The average Bonchev–Trinajstić information content (AvgIpc) is 2.58. The van der Waals surface area contributed by atoms with Crippen molar-refractivity contribution in [1.29, 1.82) is 0 Å². The molecule has 5 nitrogen and oxygen atoms in total. The van der Waals surface area contributed by atoms with E-state index in [0.717, 1.165) is 77.8 Å². The Kier molecular flexibility index (Phi) is 7.14. The van der Waals surface area contributed by atoms with Gasteiger partial charge < -0.3 is 21.7 Å². The van der Waals surface area contributed by atoms with Gasteiger partial charge in [-0.15, -0.1) is 12.4 Å². The van der Waals surface area contributed by atoms with Crippen molar-refractivity contribution in [2.45, 2.75) is 38.5 Å². The Balaban J connectivity index is 0.00000192. The summed E-state index contributed by atoms with van der Waals surface area (Å²) in [7, 11) is 0. The summed E-state index contributed by atoms with van der Waals surface area (Å²) >= 11 is 0. The fourth-order valence-corrected chi connectivity index (χ4v) is 5.50. The Morgan fingerprint density at radius 1 is 0.696 bits per heavy atom. The van der Waals surface area contributed by atoms with Crippen LogP contribution in [0.3, 0.4) is 0 Å². The maximum Gasteiger partial charge on any atom is 0.224 e. The number of piperidine rings is 3. The fourth-order valence-electron chi connectivity index (χ4n) is 5.50. The van der Waals surface area contributed by atoms with Gasteiger partial charge in [0, 0.05) is 0 Å². The van der Waals surface area contributed by atoms with Crippen LogP contribution < -0.4 is 21.7 Å². The van der Waals surface area contributed by atoms with E-state index in [1.807, 2.05) is 0 Å². The molecular weight excluding hydrogens is 312 g/mol. The molecule has 3 aliphatic heterocycles. The highest BCUT2D eigenvalue weighted by atomic mass is 35.5. The average molecular weight is 345 g/mol. The zero-order valence-electron chi connectivity index (χ0n) is 14.1. The molecule has 6 heteroatoms. The largest absolute Gasteiger partial charge is 0.369 e. The number of primary amides is 1. The molecule has 5 N–H and O–H groups in total. The molecule has 3 rings (SSSR count). The third-order valence-corrected chi connectivity index (χ3v) is 6.47. The van der Waals surface area contributed by atoms with E-state index in [1.165, 1.54) is 0 Å². The Morgan fingerprint density at radius 3 is 1.17 bits per heavy atom. The molecule has 3 fully saturated rings. The van der Waals surface area contributed by atoms with E-state index >= 15 is 0 Å². The number of rotatable bonds is 4. The van der Waals surface area contributed by atoms with Gasteiger partial charge >= 0.3 is 0 Å². The quantitative estimate of drug-likeness (QED) is 0.610. The second kappa shape index (κ2) is 8.65. The summed E-state index contributed by atoms with van der Waals surface area (Å²) in [6.07, 6.45) is 6.65. The van der Waals surface area contributed by atoms with Gasteiger partial charge in [0.2, 0.25) is 5.91 Å². The minimum atomic E-state index is -0.272. The molecule has 1 amide bonds. The van der Waals surface area contributed by atoms with Crippen LogP contribution in [0.1, 0.15) is 38.5 Å². The topological polar surface area (TPSA) is 79.2 Å². The van der Waals surface area contributed by atoms with Crippen molar-refractivity contribution < 1.29 is 4.79 Å². The highest BCUT2D eigenvalue weighted by Crippen LogP contribution is 2.52. The number of carbonyl (C=O) groups is 1.